The summed E-state index contributed by atoms with van der Waals surface area (Å²) in [4.78, 5) is 0. The minimum atomic E-state index is 0.212. The molecule has 3 nitrogen and oxygen atoms in total. The van der Waals surface area contributed by atoms with Gasteiger partial charge in [0.25, 0.3) is 0 Å². The number of methoxy groups -OCH3 is 2. The molecular weight excluding hydrogens is 284 g/mol. The molecule has 112 valence electrons. The average molecular weight is 304 g/mol. The first-order valence-electron chi connectivity index (χ1n) is 6.79. The van der Waals surface area contributed by atoms with Gasteiger partial charge in [-0.1, -0.05) is 36.4 Å². The fraction of sp³-hybridized carbons (Fsp3) is 0.294. The summed E-state index contributed by atoms with van der Waals surface area (Å²) < 4.78 is 16.6. The van der Waals surface area contributed by atoms with Crippen LogP contribution in [-0.2, 0) is 0 Å². The molecule has 0 saturated heterocycles. The van der Waals surface area contributed by atoms with Gasteiger partial charge in [-0.2, -0.15) is 12.6 Å². The number of para-hydroxylation sites is 1. The molecule has 0 N–H and O–H groups in total. The lowest BCUT2D eigenvalue weighted by Crippen LogP contribution is -2.12. The van der Waals surface area contributed by atoms with Crippen molar-refractivity contribution in [2.45, 2.75) is 5.92 Å². The molecule has 0 spiro atoms. The van der Waals surface area contributed by atoms with Crippen molar-refractivity contribution in [2.75, 3.05) is 26.6 Å². The van der Waals surface area contributed by atoms with Gasteiger partial charge >= 0.3 is 0 Å². The van der Waals surface area contributed by atoms with E-state index in [0.29, 0.717) is 29.6 Å². The zero-order chi connectivity index (χ0) is 15.1. The Morgan fingerprint density at radius 2 is 1.52 bits per heavy atom. The van der Waals surface area contributed by atoms with Crippen LogP contribution in [0.15, 0.2) is 48.5 Å². The van der Waals surface area contributed by atoms with Gasteiger partial charge in [-0.05, 0) is 17.7 Å². The van der Waals surface area contributed by atoms with Gasteiger partial charge in [0.2, 0.25) is 5.75 Å². The second-order valence-electron chi connectivity index (χ2n) is 4.59. The molecule has 2 aromatic carbocycles. The summed E-state index contributed by atoms with van der Waals surface area (Å²) in [6, 6.07) is 15.8. The van der Waals surface area contributed by atoms with Crippen molar-refractivity contribution in [3.8, 4) is 17.2 Å². The van der Waals surface area contributed by atoms with Crippen LogP contribution < -0.4 is 14.2 Å². The van der Waals surface area contributed by atoms with Crippen LogP contribution in [-0.4, -0.2) is 26.6 Å². The van der Waals surface area contributed by atoms with E-state index < -0.39 is 0 Å². The third kappa shape index (κ3) is 3.85. The summed E-state index contributed by atoms with van der Waals surface area (Å²) in [5.74, 6) is 2.89. The van der Waals surface area contributed by atoms with Crippen LogP contribution in [0.4, 0.5) is 0 Å². The van der Waals surface area contributed by atoms with Crippen molar-refractivity contribution in [2.24, 2.45) is 0 Å². The summed E-state index contributed by atoms with van der Waals surface area (Å²) >= 11 is 4.43. The monoisotopic (exact) mass is 304 g/mol. The second-order valence-corrected chi connectivity index (χ2v) is 4.96. The zero-order valence-electron chi connectivity index (χ0n) is 12.3. The number of hydrogen-bond acceptors (Lipinski definition) is 4. The molecule has 1 atom stereocenters. The maximum Gasteiger partial charge on any atom is 0.203 e. The third-order valence-corrected chi connectivity index (χ3v) is 3.74. The average Bonchev–Trinajstić information content (AvgIpc) is 2.56. The molecule has 0 bridgehead atoms. The Bertz CT molecular complexity index is 535. The third-order valence-electron chi connectivity index (χ3n) is 3.30. The molecule has 0 amide bonds. The van der Waals surface area contributed by atoms with Crippen LogP contribution in [0.25, 0.3) is 0 Å². The lowest BCUT2D eigenvalue weighted by molar-refractivity contribution is 0.262. The molecule has 0 aromatic heterocycles. The maximum absolute atomic E-state index is 5.96. The van der Waals surface area contributed by atoms with E-state index in [1.165, 1.54) is 5.56 Å². The highest BCUT2D eigenvalue weighted by molar-refractivity contribution is 7.80. The molecule has 0 radical (unpaired) electrons. The van der Waals surface area contributed by atoms with Gasteiger partial charge in [-0.25, -0.2) is 0 Å². The molecule has 0 heterocycles. The number of rotatable bonds is 7. The van der Waals surface area contributed by atoms with Crippen LogP contribution >= 0.6 is 12.6 Å². The van der Waals surface area contributed by atoms with Crippen molar-refractivity contribution in [3.05, 3.63) is 54.1 Å². The van der Waals surface area contributed by atoms with Crippen LogP contribution in [0.1, 0.15) is 11.5 Å². The van der Waals surface area contributed by atoms with Crippen LogP contribution in [0.5, 0.6) is 17.2 Å². The molecule has 1 unspecified atom stereocenters. The molecule has 0 aliphatic carbocycles. The van der Waals surface area contributed by atoms with E-state index >= 15 is 0 Å². The standard InChI is InChI=1S/C17H20O3S/c1-18-15-9-6-10-16(19-2)17(15)20-11-14(12-21)13-7-4-3-5-8-13/h3-10,14,21H,11-12H2,1-2H3. The fourth-order valence-corrected chi connectivity index (χ4v) is 2.44. The minimum Gasteiger partial charge on any atom is -0.493 e. The van der Waals surface area contributed by atoms with Crippen molar-refractivity contribution in [1.29, 1.82) is 0 Å². The first-order valence-corrected chi connectivity index (χ1v) is 7.43. The molecule has 0 saturated carbocycles. The molecular formula is C17H20O3S. The highest BCUT2D eigenvalue weighted by atomic mass is 32.1. The predicted octanol–water partition coefficient (Wildman–Crippen LogP) is 3.80. The summed E-state index contributed by atoms with van der Waals surface area (Å²) in [5.41, 5.74) is 1.21. The van der Waals surface area contributed by atoms with Gasteiger partial charge in [-0.3, -0.25) is 0 Å². The molecule has 0 aliphatic heterocycles. The van der Waals surface area contributed by atoms with Crippen LogP contribution in [0.2, 0.25) is 0 Å². The fourth-order valence-electron chi connectivity index (χ4n) is 2.12. The normalized spacial score (nSPS) is 11.8. The first-order chi connectivity index (χ1) is 10.3. The van der Waals surface area contributed by atoms with Crippen molar-refractivity contribution in [1.82, 2.24) is 0 Å². The van der Waals surface area contributed by atoms with Crippen molar-refractivity contribution in [3.63, 3.8) is 0 Å². The quantitative estimate of drug-likeness (QED) is 0.789. The van der Waals surface area contributed by atoms with E-state index in [1.54, 1.807) is 14.2 Å². The molecule has 2 rings (SSSR count). The summed E-state index contributed by atoms with van der Waals surface area (Å²) in [6.07, 6.45) is 0. The molecule has 4 heteroatoms. The Hall–Kier alpha value is -1.81. The summed E-state index contributed by atoms with van der Waals surface area (Å²) in [5, 5.41) is 0. The van der Waals surface area contributed by atoms with E-state index in [1.807, 2.05) is 36.4 Å². The number of thiol groups is 1. The Morgan fingerprint density at radius 3 is 2.05 bits per heavy atom. The van der Waals surface area contributed by atoms with E-state index in [9.17, 15) is 0 Å². The summed E-state index contributed by atoms with van der Waals surface area (Å²) in [6.45, 7) is 0.518. The minimum absolute atomic E-state index is 0.212. The SMILES string of the molecule is COc1cccc(OC)c1OCC(CS)c1ccccc1. The second kappa shape index (κ2) is 7.84. The topological polar surface area (TPSA) is 27.7 Å². The predicted molar refractivity (Wildman–Crippen MR) is 88.1 cm³/mol. The number of benzene rings is 2. The van der Waals surface area contributed by atoms with Gasteiger partial charge in [-0.15, -0.1) is 0 Å². The van der Waals surface area contributed by atoms with Gasteiger partial charge in [0.15, 0.2) is 11.5 Å². The maximum atomic E-state index is 5.96. The number of ether oxygens (including phenoxy) is 3. The molecule has 0 fully saturated rings. The molecule has 0 aliphatic rings. The van der Waals surface area contributed by atoms with Crippen molar-refractivity contribution < 1.29 is 14.2 Å². The molecule has 2 aromatic rings. The van der Waals surface area contributed by atoms with E-state index in [4.69, 9.17) is 14.2 Å². The van der Waals surface area contributed by atoms with Gasteiger partial charge in [0, 0.05) is 11.7 Å². The zero-order valence-corrected chi connectivity index (χ0v) is 13.2. The Kier molecular flexibility index (Phi) is 5.81. The number of hydrogen-bond donors (Lipinski definition) is 1. The van der Waals surface area contributed by atoms with Gasteiger partial charge in [0.05, 0.1) is 20.8 Å². The molecule has 21 heavy (non-hydrogen) atoms. The van der Waals surface area contributed by atoms with E-state index in [0.717, 1.165) is 0 Å². The smallest absolute Gasteiger partial charge is 0.203 e. The Balaban J connectivity index is 2.15. The van der Waals surface area contributed by atoms with E-state index in [2.05, 4.69) is 24.8 Å². The summed E-state index contributed by atoms with van der Waals surface area (Å²) in [7, 11) is 3.24. The van der Waals surface area contributed by atoms with Crippen molar-refractivity contribution >= 4 is 12.6 Å². The lowest BCUT2D eigenvalue weighted by atomic mass is 10.0. The first kappa shape index (κ1) is 15.6. The largest absolute Gasteiger partial charge is 0.493 e. The Morgan fingerprint density at radius 1 is 0.905 bits per heavy atom. The lowest BCUT2D eigenvalue weighted by Gasteiger charge is -2.19. The van der Waals surface area contributed by atoms with Gasteiger partial charge < -0.3 is 14.2 Å². The highest BCUT2D eigenvalue weighted by Crippen LogP contribution is 2.37. The van der Waals surface area contributed by atoms with Crippen LogP contribution in [0, 0.1) is 0 Å². The Labute approximate surface area is 131 Å². The van der Waals surface area contributed by atoms with Crippen LogP contribution in [0.3, 0.4) is 0 Å². The van der Waals surface area contributed by atoms with Gasteiger partial charge in [0.1, 0.15) is 0 Å². The highest BCUT2D eigenvalue weighted by Gasteiger charge is 2.15. The van der Waals surface area contributed by atoms with E-state index in [-0.39, 0.29) is 5.92 Å².